The summed E-state index contributed by atoms with van der Waals surface area (Å²) in [4.78, 5) is 36.6. The molecule has 0 unspecified atom stereocenters. The number of nitro benzene ring substituents is 1. The van der Waals surface area contributed by atoms with E-state index in [0.717, 1.165) is 28.6 Å². The predicted octanol–water partition coefficient (Wildman–Crippen LogP) is 4.21. The molecule has 3 rings (SSSR count). The summed E-state index contributed by atoms with van der Waals surface area (Å²) in [6.07, 6.45) is -2.84. The summed E-state index contributed by atoms with van der Waals surface area (Å²) >= 11 is 0. The second-order valence-corrected chi connectivity index (χ2v) is 6.55. The van der Waals surface area contributed by atoms with Crippen molar-refractivity contribution >= 4 is 34.2 Å². The van der Waals surface area contributed by atoms with Crippen LogP contribution < -0.4 is 5.32 Å². The number of amides is 1. The number of H-pyrrole nitrogens is 1. The van der Waals surface area contributed by atoms with Gasteiger partial charge in [0.25, 0.3) is 11.6 Å². The van der Waals surface area contributed by atoms with E-state index in [1.807, 2.05) is 29.6 Å². The van der Waals surface area contributed by atoms with Crippen LogP contribution in [0.4, 0.5) is 24.5 Å². The Morgan fingerprint density at radius 1 is 1.16 bits per heavy atom. The van der Waals surface area contributed by atoms with E-state index >= 15 is 0 Å². The lowest BCUT2D eigenvalue weighted by Crippen LogP contribution is -2.23. The summed E-state index contributed by atoms with van der Waals surface area (Å²) in [5, 5.41) is 13.6. The summed E-state index contributed by atoms with van der Waals surface area (Å²) in [6, 6.07) is 9.43. The molecule has 3 aromatic rings. The van der Waals surface area contributed by atoms with Crippen molar-refractivity contribution in [3.8, 4) is 0 Å². The predicted molar refractivity (Wildman–Crippen MR) is 104 cm³/mol. The van der Waals surface area contributed by atoms with Crippen LogP contribution in [-0.4, -0.2) is 28.4 Å². The number of hydrogen-bond acceptors (Lipinski definition) is 5. The van der Waals surface area contributed by atoms with Crippen LogP contribution in [0.5, 0.6) is 0 Å². The second kappa shape index (κ2) is 8.86. The van der Waals surface area contributed by atoms with E-state index in [1.54, 1.807) is 6.20 Å². The number of non-ortho nitro benzene ring substituents is 1. The molecule has 0 radical (unpaired) electrons. The summed E-state index contributed by atoms with van der Waals surface area (Å²) in [7, 11) is 0. The SMILES string of the molecule is O=C(COC(=O)CCc1c[nH]c2ccccc12)Nc1ccc([N+](=O)[O-])cc1C(F)(F)F. The van der Waals surface area contributed by atoms with Crippen LogP contribution >= 0.6 is 0 Å². The van der Waals surface area contributed by atoms with Gasteiger partial charge in [0.2, 0.25) is 0 Å². The van der Waals surface area contributed by atoms with E-state index in [9.17, 15) is 32.9 Å². The molecular weight excluding hydrogens is 419 g/mol. The van der Waals surface area contributed by atoms with Crippen molar-refractivity contribution in [3.63, 3.8) is 0 Å². The van der Waals surface area contributed by atoms with Crippen molar-refractivity contribution < 1.29 is 32.4 Å². The minimum absolute atomic E-state index is 0.0273. The maximum atomic E-state index is 13.1. The molecule has 31 heavy (non-hydrogen) atoms. The number of para-hydroxylation sites is 1. The third kappa shape index (κ3) is 5.38. The average molecular weight is 435 g/mol. The van der Waals surface area contributed by atoms with Gasteiger partial charge in [-0.15, -0.1) is 0 Å². The molecule has 0 saturated carbocycles. The molecule has 0 spiro atoms. The Labute approximate surface area is 173 Å². The van der Waals surface area contributed by atoms with Gasteiger partial charge in [-0.3, -0.25) is 19.7 Å². The number of hydrogen-bond donors (Lipinski definition) is 2. The molecule has 2 aromatic carbocycles. The standard InChI is InChI=1S/C20H16F3N3O5/c21-20(22,23)15-9-13(26(29)30)6-7-17(15)25-18(27)11-31-19(28)8-5-12-10-24-16-4-2-1-3-14(12)16/h1-4,6-7,9-10,24H,5,8,11H2,(H,25,27). The Bertz CT molecular complexity index is 1140. The number of aromatic amines is 1. The van der Waals surface area contributed by atoms with E-state index < -0.39 is 46.5 Å². The molecule has 2 N–H and O–H groups in total. The number of alkyl halides is 3. The monoisotopic (exact) mass is 435 g/mol. The number of fused-ring (bicyclic) bond motifs is 1. The molecular formula is C20H16F3N3O5. The first-order valence-corrected chi connectivity index (χ1v) is 9.01. The zero-order chi connectivity index (χ0) is 22.6. The number of rotatable bonds is 7. The van der Waals surface area contributed by atoms with Crippen molar-refractivity contribution in [1.82, 2.24) is 4.98 Å². The molecule has 11 heteroatoms. The van der Waals surface area contributed by atoms with Gasteiger partial charge in [0.15, 0.2) is 6.61 Å². The highest BCUT2D eigenvalue weighted by atomic mass is 19.4. The molecule has 0 bridgehead atoms. The second-order valence-electron chi connectivity index (χ2n) is 6.55. The summed E-state index contributed by atoms with van der Waals surface area (Å²) in [5.41, 5.74) is -1.01. The van der Waals surface area contributed by atoms with Gasteiger partial charge in [-0.05, 0) is 24.1 Å². The number of carbonyl (C=O) groups is 2. The van der Waals surface area contributed by atoms with Gasteiger partial charge < -0.3 is 15.0 Å². The van der Waals surface area contributed by atoms with Crippen LogP contribution in [-0.2, 0) is 26.9 Å². The highest BCUT2D eigenvalue weighted by Crippen LogP contribution is 2.37. The van der Waals surface area contributed by atoms with Gasteiger partial charge in [0, 0.05) is 35.7 Å². The average Bonchev–Trinajstić information content (AvgIpc) is 3.13. The number of ether oxygens (including phenoxy) is 1. The van der Waals surface area contributed by atoms with Crippen molar-refractivity contribution in [2.24, 2.45) is 0 Å². The van der Waals surface area contributed by atoms with Gasteiger partial charge in [-0.25, -0.2) is 0 Å². The minimum Gasteiger partial charge on any atom is -0.456 e. The fourth-order valence-electron chi connectivity index (χ4n) is 2.97. The maximum absolute atomic E-state index is 13.1. The topological polar surface area (TPSA) is 114 Å². The highest BCUT2D eigenvalue weighted by molar-refractivity contribution is 5.93. The van der Waals surface area contributed by atoms with Crippen molar-refractivity contribution in [1.29, 1.82) is 0 Å². The molecule has 0 aliphatic heterocycles. The van der Waals surface area contributed by atoms with Crippen molar-refractivity contribution in [2.75, 3.05) is 11.9 Å². The number of aryl methyl sites for hydroxylation is 1. The number of carbonyl (C=O) groups excluding carboxylic acids is 2. The molecule has 0 aliphatic carbocycles. The number of nitrogens with one attached hydrogen (secondary N) is 2. The lowest BCUT2D eigenvalue weighted by atomic mass is 10.1. The van der Waals surface area contributed by atoms with Gasteiger partial charge in [0.05, 0.1) is 16.2 Å². The Kier molecular flexibility index (Phi) is 6.23. The Morgan fingerprint density at radius 2 is 1.90 bits per heavy atom. The molecule has 162 valence electrons. The number of aromatic nitrogens is 1. The fourth-order valence-corrected chi connectivity index (χ4v) is 2.97. The first kappa shape index (κ1) is 21.8. The van der Waals surface area contributed by atoms with Gasteiger partial charge in [-0.1, -0.05) is 18.2 Å². The lowest BCUT2D eigenvalue weighted by molar-refractivity contribution is -0.385. The van der Waals surface area contributed by atoms with Gasteiger partial charge in [0.1, 0.15) is 0 Å². The zero-order valence-electron chi connectivity index (χ0n) is 15.9. The number of nitro groups is 1. The fraction of sp³-hybridized carbons (Fsp3) is 0.200. The quantitative estimate of drug-likeness (QED) is 0.328. The number of halogens is 3. The number of anilines is 1. The summed E-state index contributed by atoms with van der Waals surface area (Å²) in [5.74, 6) is -1.69. The van der Waals surface area contributed by atoms with Crippen LogP contribution in [0, 0.1) is 10.1 Å². The van der Waals surface area contributed by atoms with Gasteiger partial charge in [-0.2, -0.15) is 13.2 Å². The molecule has 1 aromatic heterocycles. The number of benzene rings is 2. The highest BCUT2D eigenvalue weighted by Gasteiger charge is 2.35. The molecule has 0 fully saturated rings. The maximum Gasteiger partial charge on any atom is 0.418 e. The number of nitrogens with zero attached hydrogens (tertiary/aromatic N) is 1. The third-order valence-electron chi connectivity index (χ3n) is 4.43. The Morgan fingerprint density at radius 3 is 2.61 bits per heavy atom. The van der Waals surface area contributed by atoms with E-state index in [1.165, 1.54) is 0 Å². The normalized spacial score (nSPS) is 11.3. The smallest absolute Gasteiger partial charge is 0.418 e. The van der Waals surface area contributed by atoms with E-state index in [2.05, 4.69) is 4.98 Å². The third-order valence-corrected chi connectivity index (χ3v) is 4.43. The van der Waals surface area contributed by atoms with Crippen LogP contribution in [0.15, 0.2) is 48.7 Å². The molecule has 1 heterocycles. The van der Waals surface area contributed by atoms with Crippen molar-refractivity contribution in [2.45, 2.75) is 19.0 Å². The first-order valence-electron chi connectivity index (χ1n) is 9.01. The summed E-state index contributed by atoms with van der Waals surface area (Å²) < 4.78 is 44.2. The Balaban J connectivity index is 1.56. The van der Waals surface area contributed by atoms with E-state index in [0.29, 0.717) is 12.5 Å². The Hall–Kier alpha value is -3.89. The zero-order valence-corrected chi connectivity index (χ0v) is 15.9. The van der Waals surface area contributed by atoms with Gasteiger partial charge >= 0.3 is 12.1 Å². The van der Waals surface area contributed by atoms with E-state index in [-0.39, 0.29) is 6.42 Å². The summed E-state index contributed by atoms with van der Waals surface area (Å²) in [6.45, 7) is -0.791. The van der Waals surface area contributed by atoms with E-state index in [4.69, 9.17) is 4.74 Å². The molecule has 0 atom stereocenters. The van der Waals surface area contributed by atoms with Crippen LogP contribution in [0.25, 0.3) is 10.9 Å². The molecule has 1 amide bonds. The first-order chi connectivity index (χ1) is 14.6. The lowest BCUT2D eigenvalue weighted by Gasteiger charge is -2.13. The molecule has 0 aliphatic rings. The molecule has 0 saturated heterocycles. The minimum atomic E-state index is -4.93. The van der Waals surface area contributed by atoms with Crippen molar-refractivity contribution in [3.05, 3.63) is 69.9 Å². The van der Waals surface area contributed by atoms with Crippen LogP contribution in [0.3, 0.4) is 0 Å². The number of esters is 1. The van der Waals surface area contributed by atoms with Crippen LogP contribution in [0.1, 0.15) is 17.5 Å². The molecule has 8 nitrogen and oxygen atoms in total. The largest absolute Gasteiger partial charge is 0.456 e. The van der Waals surface area contributed by atoms with Crippen LogP contribution in [0.2, 0.25) is 0 Å².